The molecule has 5 aromatic rings. The van der Waals surface area contributed by atoms with Gasteiger partial charge in [-0.05, 0) is 88.1 Å². The van der Waals surface area contributed by atoms with Gasteiger partial charge in [0.15, 0.2) is 6.17 Å². The van der Waals surface area contributed by atoms with Gasteiger partial charge in [0.2, 0.25) is 0 Å². The summed E-state index contributed by atoms with van der Waals surface area (Å²) < 4.78 is 0. The summed E-state index contributed by atoms with van der Waals surface area (Å²) in [6, 6.07) is 45.3. The second kappa shape index (κ2) is 14.0. The monoisotopic (exact) mass is 681 g/mol. The highest BCUT2D eigenvalue weighted by atomic mass is 35.5. The van der Waals surface area contributed by atoms with E-state index in [0.29, 0.717) is 0 Å². The van der Waals surface area contributed by atoms with Crippen molar-refractivity contribution >= 4 is 28.8 Å². The molecule has 3 aliphatic rings. The third-order valence-corrected chi connectivity index (χ3v) is 10.5. The molecule has 0 saturated carbocycles. The molecule has 1 N–H and O–H groups in total. The van der Waals surface area contributed by atoms with Gasteiger partial charge in [-0.15, -0.1) is 0 Å². The van der Waals surface area contributed by atoms with E-state index in [4.69, 9.17) is 21.6 Å². The van der Waals surface area contributed by atoms with Crippen molar-refractivity contribution in [3.8, 4) is 11.1 Å². The lowest BCUT2D eigenvalue weighted by Crippen LogP contribution is -2.39. The van der Waals surface area contributed by atoms with Crippen molar-refractivity contribution < 1.29 is 0 Å². The van der Waals surface area contributed by atoms with Crippen molar-refractivity contribution in [1.82, 2.24) is 5.32 Å². The predicted octanol–water partition coefficient (Wildman–Crippen LogP) is 11.7. The van der Waals surface area contributed by atoms with Crippen molar-refractivity contribution in [2.45, 2.75) is 38.3 Å². The number of nitrogens with one attached hydrogen (secondary N) is 1. The van der Waals surface area contributed by atoms with Gasteiger partial charge >= 0.3 is 0 Å². The molecular formula is C47H40ClN3. The van der Waals surface area contributed by atoms with Crippen LogP contribution in [-0.4, -0.2) is 11.7 Å². The molecule has 250 valence electrons. The second-order valence-corrected chi connectivity index (χ2v) is 13.8. The number of benzene rings is 5. The number of aliphatic imine (C=N–C) groups is 2. The molecule has 0 amide bonds. The van der Waals surface area contributed by atoms with Gasteiger partial charge in [-0.25, -0.2) is 9.98 Å². The van der Waals surface area contributed by atoms with Gasteiger partial charge < -0.3 is 5.32 Å². The highest BCUT2D eigenvalue weighted by Gasteiger charge is 2.47. The average molecular weight is 682 g/mol. The lowest BCUT2D eigenvalue weighted by Gasteiger charge is -2.36. The first-order valence-electron chi connectivity index (χ1n) is 17.8. The molecule has 1 heterocycles. The second-order valence-electron chi connectivity index (χ2n) is 13.4. The number of fused-ring (bicyclic) bond motifs is 2. The first-order valence-corrected chi connectivity index (χ1v) is 18.2. The Morgan fingerprint density at radius 3 is 2.29 bits per heavy atom. The Kier molecular flexibility index (Phi) is 8.98. The van der Waals surface area contributed by atoms with E-state index in [1.54, 1.807) is 0 Å². The van der Waals surface area contributed by atoms with Gasteiger partial charge in [-0.3, -0.25) is 0 Å². The van der Waals surface area contributed by atoms with Crippen LogP contribution in [0.1, 0.15) is 66.2 Å². The lowest BCUT2D eigenvalue weighted by atomic mass is 9.66. The summed E-state index contributed by atoms with van der Waals surface area (Å²) in [5, 5.41) is 4.40. The first kappa shape index (κ1) is 32.7. The molecule has 0 bridgehead atoms. The van der Waals surface area contributed by atoms with E-state index in [2.05, 4.69) is 158 Å². The van der Waals surface area contributed by atoms with Crippen LogP contribution < -0.4 is 5.32 Å². The van der Waals surface area contributed by atoms with E-state index in [1.807, 2.05) is 25.1 Å². The normalized spacial score (nSPS) is 20.2. The minimum atomic E-state index is -0.523. The SMILES string of the molecule is C/C=C\C=C/C(C)C1=NC(c2ccc(-c3ccccc3)cc2)N=C(c2cccc(C3(c4cccc(Cl)c4)C4=C(CCC=C4)c4ccccc43)c2)N1. The van der Waals surface area contributed by atoms with Crippen molar-refractivity contribution in [1.29, 1.82) is 0 Å². The Morgan fingerprint density at radius 1 is 0.765 bits per heavy atom. The summed E-state index contributed by atoms with van der Waals surface area (Å²) in [4.78, 5) is 10.5. The Bertz CT molecular complexity index is 2270. The number of nitrogens with zero attached hydrogens (tertiary/aromatic N) is 2. The van der Waals surface area contributed by atoms with Gasteiger partial charge in [0.05, 0.1) is 5.41 Å². The van der Waals surface area contributed by atoms with Crippen LogP contribution in [0.4, 0.5) is 0 Å². The molecule has 3 nitrogen and oxygen atoms in total. The van der Waals surface area contributed by atoms with E-state index in [0.717, 1.165) is 46.2 Å². The molecule has 0 radical (unpaired) electrons. The van der Waals surface area contributed by atoms with E-state index < -0.39 is 5.41 Å². The Morgan fingerprint density at radius 2 is 1.49 bits per heavy atom. The topological polar surface area (TPSA) is 36.8 Å². The smallest absolute Gasteiger partial charge is 0.169 e. The lowest BCUT2D eigenvalue weighted by molar-refractivity contribution is 0.733. The molecule has 3 unspecified atom stereocenters. The number of allylic oxidation sites excluding steroid dienone is 7. The van der Waals surface area contributed by atoms with E-state index in [9.17, 15) is 0 Å². The van der Waals surface area contributed by atoms with Crippen LogP contribution in [0.2, 0.25) is 5.02 Å². The molecule has 0 fully saturated rings. The number of amidine groups is 2. The van der Waals surface area contributed by atoms with Crippen LogP contribution in [-0.2, 0) is 5.41 Å². The first-order chi connectivity index (χ1) is 25.1. The Labute approximate surface area is 306 Å². The molecule has 8 rings (SSSR count). The third kappa shape index (κ3) is 6.02. The number of rotatable bonds is 8. The maximum Gasteiger partial charge on any atom is 0.169 e. The molecule has 51 heavy (non-hydrogen) atoms. The molecular weight excluding hydrogens is 642 g/mol. The number of hydrogen-bond donors (Lipinski definition) is 1. The Hall–Kier alpha value is -5.51. The predicted molar refractivity (Wildman–Crippen MR) is 214 cm³/mol. The summed E-state index contributed by atoms with van der Waals surface area (Å²) in [7, 11) is 0. The number of halogens is 1. The zero-order valence-electron chi connectivity index (χ0n) is 28.9. The summed E-state index contributed by atoms with van der Waals surface area (Å²) >= 11 is 6.75. The summed E-state index contributed by atoms with van der Waals surface area (Å²) in [5.74, 6) is 1.76. The van der Waals surface area contributed by atoms with Crippen molar-refractivity contribution in [2.75, 3.05) is 0 Å². The van der Waals surface area contributed by atoms with E-state index in [1.165, 1.54) is 39.0 Å². The van der Waals surface area contributed by atoms with Gasteiger partial charge in [0, 0.05) is 16.5 Å². The highest BCUT2D eigenvalue weighted by Crippen LogP contribution is 2.57. The third-order valence-electron chi connectivity index (χ3n) is 10.3. The molecule has 1 aliphatic heterocycles. The molecule has 0 spiro atoms. The van der Waals surface area contributed by atoms with Crippen molar-refractivity contribution in [3.63, 3.8) is 0 Å². The maximum atomic E-state index is 6.75. The highest BCUT2D eigenvalue weighted by molar-refractivity contribution is 6.30. The van der Waals surface area contributed by atoms with Crippen molar-refractivity contribution in [3.05, 3.63) is 208 Å². The standard InChI is InChI=1S/C47H40ClN3/c1-3-4-6-15-32(2)44-49-45(35-28-26-34(27-29-35)33-16-7-5-8-17-33)51-46(50-44)36-18-13-19-37(30-36)47(38-20-14-21-39(48)31-38)42-24-11-9-22-40(42)41-23-10-12-25-43(41)47/h3-9,11-22,24-32,45H,10,23H2,1-2H3,(H,49,50,51)/b4-3-,15-6-. The van der Waals surface area contributed by atoms with Crippen LogP contribution in [0.5, 0.6) is 0 Å². The molecule has 0 saturated heterocycles. The van der Waals surface area contributed by atoms with Gasteiger partial charge in [-0.2, -0.15) is 0 Å². The Balaban J connectivity index is 1.26. The molecule has 3 atom stereocenters. The van der Waals surface area contributed by atoms with Gasteiger partial charge in [0.25, 0.3) is 0 Å². The minimum absolute atomic E-state index is 0.0561. The maximum absolute atomic E-state index is 6.75. The van der Waals surface area contributed by atoms with Crippen LogP contribution >= 0.6 is 11.6 Å². The van der Waals surface area contributed by atoms with Gasteiger partial charge in [0.1, 0.15) is 11.7 Å². The van der Waals surface area contributed by atoms with E-state index >= 15 is 0 Å². The quantitative estimate of drug-likeness (QED) is 0.163. The number of hydrogen-bond acceptors (Lipinski definition) is 3. The fourth-order valence-corrected chi connectivity index (χ4v) is 8.02. The average Bonchev–Trinajstić information content (AvgIpc) is 3.49. The summed E-state index contributed by atoms with van der Waals surface area (Å²) in [5.41, 5.74) is 11.6. The molecule has 5 aromatic carbocycles. The largest absolute Gasteiger partial charge is 0.328 e. The van der Waals surface area contributed by atoms with Crippen LogP contribution in [0.15, 0.2) is 179 Å². The fourth-order valence-electron chi connectivity index (χ4n) is 7.83. The zero-order valence-corrected chi connectivity index (χ0v) is 29.7. The molecule has 0 aromatic heterocycles. The van der Waals surface area contributed by atoms with Gasteiger partial charge in [-0.1, -0.05) is 164 Å². The van der Waals surface area contributed by atoms with Crippen LogP contribution in [0.3, 0.4) is 0 Å². The van der Waals surface area contributed by atoms with Crippen molar-refractivity contribution in [2.24, 2.45) is 15.9 Å². The fraction of sp³-hybridized carbons (Fsp3) is 0.149. The van der Waals surface area contributed by atoms with Crippen LogP contribution in [0.25, 0.3) is 16.7 Å². The zero-order chi connectivity index (χ0) is 34.8. The molecule has 2 aliphatic carbocycles. The summed E-state index contributed by atoms with van der Waals surface area (Å²) in [6.07, 6.45) is 14.7. The minimum Gasteiger partial charge on any atom is -0.328 e. The molecule has 4 heteroatoms. The van der Waals surface area contributed by atoms with E-state index in [-0.39, 0.29) is 12.1 Å². The van der Waals surface area contributed by atoms with Crippen LogP contribution in [0, 0.1) is 5.92 Å². The summed E-state index contributed by atoms with van der Waals surface area (Å²) in [6.45, 7) is 4.20.